The van der Waals surface area contributed by atoms with Gasteiger partial charge in [-0.15, -0.1) is 12.8 Å². The third-order valence-electron chi connectivity index (χ3n) is 8.91. The van der Waals surface area contributed by atoms with Crippen LogP contribution in [0.25, 0.3) is 0 Å². The van der Waals surface area contributed by atoms with Crippen LogP contribution in [0.5, 0.6) is 0 Å². The van der Waals surface area contributed by atoms with E-state index >= 15 is 0 Å². The summed E-state index contributed by atoms with van der Waals surface area (Å²) in [5.74, 6) is 2.51. The summed E-state index contributed by atoms with van der Waals surface area (Å²) in [4.78, 5) is 0. The summed E-state index contributed by atoms with van der Waals surface area (Å²) < 4.78 is 0.656. The Bertz CT molecular complexity index is 1020. The first-order chi connectivity index (χ1) is 18.1. The molecule has 42 heavy (non-hydrogen) atoms. The van der Waals surface area contributed by atoms with E-state index in [1.165, 1.54) is 47.6 Å². The van der Waals surface area contributed by atoms with Crippen LogP contribution in [0.3, 0.4) is 0 Å². The van der Waals surface area contributed by atoms with Crippen molar-refractivity contribution in [2.24, 2.45) is 0 Å². The van der Waals surface area contributed by atoms with Gasteiger partial charge in [-0.3, -0.25) is 12.2 Å². The van der Waals surface area contributed by atoms with E-state index < -0.39 is 16.1 Å². The van der Waals surface area contributed by atoms with Crippen LogP contribution in [0.1, 0.15) is 66.2 Å². The smallest absolute Gasteiger partial charge is 1.00 e. The zero-order valence-electron chi connectivity index (χ0n) is 27.0. The van der Waals surface area contributed by atoms with E-state index in [0.717, 1.165) is 12.8 Å². The fraction of sp³-hybridized carbons (Fsp3) is 0.529. The molecule has 0 N–H and O–H groups in total. The second kappa shape index (κ2) is 20.3. The predicted octanol–water partition coefficient (Wildman–Crippen LogP) is 4.50. The Labute approximate surface area is 312 Å². The topological polar surface area (TPSA) is 0 Å². The third-order valence-corrected chi connectivity index (χ3v) is 24.6. The molecule has 0 fully saturated rings. The SMILES string of the molecule is CCCSC1([Si](C)(C)C2=[C-]CC=C2)CC=CC=C1C.CCCSC1([Si](C)(C)C2=[C-]CC=C2)CC=CC=C1C.[Cl-].[Cl-].[Ti+2].[Ti+2]. The van der Waals surface area contributed by atoms with Gasteiger partial charge in [-0.25, -0.2) is 22.5 Å². The van der Waals surface area contributed by atoms with Crippen molar-refractivity contribution in [3.05, 3.63) is 94.5 Å². The van der Waals surface area contributed by atoms with Gasteiger partial charge >= 0.3 is 43.4 Å². The first-order valence-corrected chi connectivity index (χ1v) is 22.6. The summed E-state index contributed by atoms with van der Waals surface area (Å²) in [7, 11) is -3.12. The number of hydrogen-bond acceptors (Lipinski definition) is 2. The van der Waals surface area contributed by atoms with Crippen LogP contribution in [0, 0.1) is 12.2 Å². The average molecular weight is 746 g/mol. The first kappa shape index (κ1) is 45.2. The third kappa shape index (κ3) is 9.55. The van der Waals surface area contributed by atoms with Gasteiger partial charge in [0.15, 0.2) is 0 Å². The molecule has 8 heteroatoms. The van der Waals surface area contributed by atoms with Crippen LogP contribution in [0.15, 0.2) is 82.3 Å². The van der Waals surface area contributed by atoms with Gasteiger partial charge in [-0.2, -0.15) is 35.7 Å². The summed E-state index contributed by atoms with van der Waals surface area (Å²) in [5.41, 5.74) is 3.14. The molecule has 0 saturated carbocycles. The fourth-order valence-corrected chi connectivity index (χ4v) is 19.0. The van der Waals surface area contributed by atoms with Gasteiger partial charge in [-0.05, 0) is 51.0 Å². The summed E-state index contributed by atoms with van der Waals surface area (Å²) in [6, 6.07) is 0. The second-order valence-corrected chi connectivity index (χ2v) is 24.8. The number of rotatable bonds is 10. The Kier molecular flexibility index (Phi) is 21.9. The molecule has 4 aliphatic carbocycles. The van der Waals surface area contributed by atoms with Crippen LogP contribution < -0.4 is 24.8 Å². The van der Waals surface area contributed by atoms with Gasteiger partial charge in [0.1, 0.15) is 0 Å². The molecule has 0 saturated heterocycles. The fourth-order valence-electron chi connectivity index (χ4n) is 6.34. The molecule has 0 bridgehead atoms. The zero-order valence-corrected chi connectivity index (χ0v) is 35.3. The molecule has 0 aliphatic heterocycles. The maximum atomic E-state index is 3.62. The minimum atomic E-state index is -1.56. The standard InChI is InChI=1S/2C17H25SSi.2ClH.2Ti/c2*1-5-14-18-17(13-9-8-10-15(17)2)19(3,4)16-11-6-7-12-16;;;;/h2*6,8-11H,5,7,13-14H2,1-4H3;2*1H;;/q2*-1;;;2*+2/p-2. The number of hydrogen-bond donors (Lipinski definition) is 0. The average Bonchev–Trinajstić information content (AvgIpc) is 3.64. The van der Waals surface area contributed by atoms with Gasteiger partial charge in [0.05, 0.1) is 16.1 Å². The normalized spacial score (nSPS) is 24.0. The molecule has 0 heterocycles. The van der Waals surface area contributed by atoms with Crippen molar-refractivity contribution in [3.8, 4) is 0 Å². The Morgan fingerprint density at radius 3 is 1.29 bits per heavy atom. The van der Waals surface area contributed by atoms with Gasteiger partial charge in [0.25, 0.3) is 0 Å². The Morgan fingerprint density at radius 2 is 1.02 bits per heavy atom. The van der Waals surface area contributed by atoms with E-state index in [1.807, 2.05) is 0 Å². The van der Waals surface area contributed by atoms with E-state index in [1.54, 1.807) is 11.1 Å². The molecule has 2 atom stereocenters. The largest absolute Gasteiger partial charge is 2.00 e. The molecule has 0 aromatic carbocycles. The Morgan fingerprint density at radius 1 is 0.667 bits per heavy atom. The van der Waals surface area contributed by atoms with Crippen molar-refractivity contribution in [2.45, 2.75) is 101 Å². The molecular formula is C34H50Cl2S2Si2Ti2. The summed E-state index contributed by atoms with van der Waals surface area (Å²) in [6.45, 7) is 19.4. The maximum Gasteiger partial charge on any atom is 2.00 e. The minimum absolute atomic E-state index is 0. The number of halogens is 2. The van der Waals surface area contributed by atoms with E-state index in [-0.39, 0.29) is 68.2 Å². The van der Waals surface area contributed by atoms with Crippen molar-refractivity contribution < 1.29 is 68.2 Å². The summed E-state index contributed by atoms with van der Waals surface area (Å²) in [6.07, 6.45) is 37.2. The van der Waals surface area contributed by atoms with Gasteiger partial charge < -0.3 is 24.8 Å². The molecule has 0 aromatic rings. The Hall–Kier alpha value is 1.06. The van der Waals surface area contributed by atoms with Crippen LogP contribution in [-0.2, 0) is 43.4 Å². The molecule has 2 unspecified atom stereocenters. The van der Waals surface area contributed by atoms with Crippen LogP contribution in [0.2, 0.25) is 26.2 Å². The minimum Gasteiger partial charge on any atom is -1.00 e. The number of allylic oxidation sites excluding steroid dienone is 14. The van der Waals surface area contributed by atoms with Crippen molar-refractivity contribution in [1.82, 2.24) is 0 Å². The maximum absolute atomic E-state index is 3.62. The molecule has 228 valence electrons. The predicted molar refractivity (Wildman–Crippen MR) is 182 cm³/mol. The van der Waals surface area contributed by atoms with Gasteiger partial charge in [0, 0.05) is 8.74 Å². The van der Waals surface area contributed by atoms with Gasteiger partial charge in [0.2, 0.25) is 0 Å². The molecule has 0 aromatic heterocycles. The van der Waals surface area contributed by atoms with Crippen molar-refractivity contribution in [2.75, 3.05) is 11.5 Å². The molecular weight excluding hydrogens is 695 g/mol. The van der Waals surface area contributed by atoms with Crippen LogP contribution >= 0.6 is 23.5 Å². The van der Waals surface area contributed by atoms with Crippen molar-refractivity contribution in [1.29, 1.82) is 0 Å². The number of thioether (sulfide) groups is 2. The second-order valence-electron chi connectivity index (χ2n) is 12.0. The van der Waals surface area contributed by atoms with Crippen LogP contribution in [-0.4, -0.2) is 36.4 Å². The Balaban J connectivity index is 0. The zero-order chi connectivity index (χ0) is 27.9. The summed E-state index contributed by atoms with van der Waals surface area (Å²) >= 11 is 4.39. The molecule has 0 radical (unpaired) electrons. The molecule has 4 rings (SSSR count). The molecule has 4 aliphatic rings. The van der Waals surface area contributed by atoms with Crippen molar-refractivity contribution in [3.63, 3.8) is 0 Å². The van der Waals surface area contributed by atoms with E-state index in [2.05, 4.69) is 150 Å². The van der Waals surface area contributed by atoms with Crippen molar-refractivity contribution >= 4 is 39.7 Å². The quantitative estimate of drug-likeness (QED) is 0.239. The van der Waals surface area contributed by atoms with Crippen LogP contribution in [0.4, 0.5) is 0 Å². The molecule has 0 spiro atoms. The van der Waals surface area contributed by atoms with E-state index in [9.17, 15) is 0 Å². The van der Waals surface area contributed by atoms with E-state index in [0.29, 0.717) is 8.74 Å². The first-order valence-electron chi connectivity index (χ1n) is 14.6. The molecule has 0 amide bonds. The summed E-state index contributed by atoms with van der Waals surface area (Å²) in [5, 5.41) is 3.05. The monoisotopic (exact) mass is 744 g/mol. The van der Waals surface area contributed by atoms with E-state index in [4.69, 9.17) is 0 Å². The van der Waals surface area contributed by atoms with Gasteiger partial charge in [-0.1, -0.05) is 87.6 Å². The molecule has 0 nitrogen and oxygen atoms in total.